The smallest absolute Gasteiger partial charge is 0.344 e. The second-order valence-corrected chi connectivity index (χ2v) is 24.7. The number of ether oxygens (including phenoxy) is 12. The quantitative estimate of drug-likeness (QED) is 0.122. The summed E-state index contributed by atoms with van der Waals surface area (Å²) in [6, 6.07) is 0. The van der Waals surface area contributed by atoms with Crippen LogP contribution in [0.4, 0.5) is 0 Å². The summed E-state index contributed by atoms with van der Waals surface area (Å²) in [6.45, 7) is 22.4. The lowest BCUT2D eigenvalue weighted by Crippen LogP contribution is -2.42. The fourth-order valence-electron chi connectivity index (χ4n) is 15.3. The fourth-order valence-corrected chi connectivity index (χ4v) is 15.3. The number of esters is 12. The van der Waals surface area contributed by atoms with Gasteiger partial charge in [-0.3, -0.25) is 19.2 Å². The van der Waals surface area contributed by atoms with E-state index in [1.54, 1.807) is 0 Å². The van der Waals surface area contributed by atoms with Gasteiger partial charge in [0.15, 0.2) is 26.4 Å². The fraction of sp³-hybridized carbons (Fsp3) is 0.655. The predicted molar refractivity (Wildman–Crippen MR) is 270 cm³/mol. The molecule has 8 saturated carbocycles. The summed E-state index contributed by atoms with van der Waals surface area (Å²) in [4.78, 5) is 138. The van der Waals surface area contributed by atoms with E-state index in [1.165, 1.54) is 13.8 Å². The molecule has 0 aromatic carbocycles. The van der Waals surface area contributed by atoms with Crippen molar-refractivity contribution in [1.82, 2.24) is 0 Å². The van der Waals surface area contributed by atoms with Crippen LogP contribution in [0.3, 0.4) is 0 Å². The van der Waals surface area contributed by atoms with Crippen LogP contribution in [-0.4, -0.2) is 147 Å². The molecule has 444 valence electrons. The van der Waals surface area contributed by atoms with Gasteiger partial charge in [0.2, 0.25) is 0 Å². The zero-order chi connectivity index (χ0) is 59.7. The Bertz CT molecular complexity index is 2820. The summed E-state index contributed by atoms with van der Waals surface area (Å²) in [5.74, 6) is -5.04. The van der Waals surface area contributed by atoms with Crippen molar-refractivity contribution in [3.05, 3.63) is 49.6 Å². The Morgan fingerprint density at radius 3 is 1.17 bits per heavy atom. The Morgan fingerprint density at radius 1 is 0.488 bits per heavy atom. The lowest BCUT2D eigenvalue weighted by atomic mass is 9.75. The topological polar surface area (TPSA) is 316 Å². The van der Waals surface area contributed by atoms with Gasteiger partial charge in [-0.2, -0.15) is 0 Å². The van der Waals surface area contributed by atoms with Crippen molar-refractivity contribution >= 4 is 71.6 Å². The van der Waals surface area contributed by atoms with Gasteiger partial charge in [0.05, 0.1) is 22.7 Å². The number of fused-ring (bicyclic) bond motifs is 4. The molecule has 4 heterocycles. The largest absolute Gasteiger partial charge is 0.458 e. The second kappa shape index (κ2) is 22.1. The van der Waals surface area contributed by atoms with Crippen molar-refractivity contribution in [2.75, 3.05) is 26.4 Å². The van der Waals surface area contributed by atoms with Gasteiger partial charge in [-0.25, -0.2) is 38.4 Å². The van der Waals surface area contributed by atoms with Crippen molar-refractivity contribution in [3.8, 4) is 0 Å². The minimum absolute atomic E-state index is 0.0430. The Balaban J connectivity index is 0.000000132. The maximum absolute atomic E-state index is 11.9. The normalized spacial score (nSPS) is 39.7. The third-order valence-electron chi connectivity index (χ3n) is 19.0. The maximum atomic E-state index is 11.9. The van der Waals surface area contributed by atoms with Crippen molar-refractivity contribution < 1.29 is 114 Å². The number of carbonyl (C=O) groups is 12. The molecule has 24 heteroatoms. The van der Waals surface area contributed by atoms with Crippen LogP contribution in [0.5, 0.6) is 0 Å². The highest BCUT2D eigenvalue weighted by Gasteiger charge is 2.72. The van der Waals surface area contributed by atoms with Crippen LogP contribution in [0, 0.1) is 69.0 Å². The minimum atomic E-state index is -0.673. The predicted octanol–water partition coefficient (Wildman–Crippen LogP) is 3.18. The molecule has 0 aromatic rings. The Labute approximate surface area is 471 Å². The minimum Gasteiger partial charge on any atom is -0.458 e. The summed E-state index contributed by atoms with van der Waals surface area (Å²) in [6.07, 6.45) is 5.00. The summed E-state index contributed by atoms with van der Waals surface area (Å²) >= 11 is 0. The number of rotatable bonds is 16. The first kappa shape index (κ1) is 59.2. The first-order valence-electron chi connectivity index (χ1n) is 27.4. The van der Waals surface area contributed by atoms with Crippen LogP contribution in [0.15, 0.2) is 49.6 Å². The first-order chi connectivity index (χ1) is 38.5. The zero-order valence-corrected chi connectivity index (χ0v) is 46.5. The molecular weight excluding hydrogens is 1080 g/mol. The van der Waals surface area contributed by atoms with Crippen molar-refractivity contribution in [3.63, 3.8) is 0 Å². The molecule has 0 spiro atoms. The Kier molecular flexibility index (Phi) is 15.9. The highest BCUT2D eigenvalue weighted by molar-refractivity contribution is 5.90. The van der Waals surface area contributed by atoms with Gasteiger partial charge in [-0.1, -0.05) is 40.2 Å². The standard InChI is InChI=1S/2C15H18O6.2C14H16O6/c1-7(2)13(17)19-6-10(16)20-12-11-8-4-15(12,3)5-9(8)14(18)21-11;1-7(2)13(17)19-6-10(16)20-11-8-4-9-12(11)21-14(18)15(9,3)5-8;1-3-9(15)18-6-10(16)19-12-11-7-4-14(12,2)5-8(7)13(17)20-11;1-3-9(15)18-6-10(16)19-11-7-4-8-12(11)20-13(17)14(8,2)5-7/h2*8-9,11-12H,1,4-6H2,2-3H3;2*3,7-8,11-12H,1,4-6H2,2H3. The molecule has 24 nitrogen and oxygen atoms in total. The van der Waals surface area contributed by atoms with E-state index in [9.17, 15) is 57.5 Å². The number of hydrogen-bond acceptors (Lipinski definition) is 24. The van der Waals surface area contributed by atoms with E-state index in [0.29, 0.717) is 25.7 Å². The molecule has 8 aliphatic carbocycles. The lowest BCUT2D eigenvalue weighted by Gasteiger charge is -2.32. The molecule has 0 N–H and O–H groups in total. The monoisotopic (exact) mass is 1150 g/mol. The average Bonchev–Trinajstić information content (AvgIpc) is 2.10. The average molecular weight is 1150 g/mol. The molecule has 4 saturated heterocycles. The van der Waals surface area contributed by atoms with E-state index >= 15 is 0 Å². The highest BCUT2D eigenvalue weighted by Crippen LogP contribution is 2.65. The molecule has 4 aliphatic heterocycles. The van der Waals surface area contributed by atoms with Crippen molar-refractivity contribution in [2.24, 2.45) is 69.0 Å². The van der Waals surface area contributed by atoms with E-state index in [4.69, 9.17) is 47.4 Å². The third kappa shape index (κ3) is 10.7. The molecule has 0 amide bonds. The summed E-state index contributed by atoms with van der Waals surface area (Å²) < 4.78 is 61.7. The van der Waals surface area contributed by atoms with E-state index in [-0.39, 0.29) is 118 Å². The first-order valence-corrected chi connectivity index (χ1v) is 27.4. The molecule has 82 heavy (non-hydrogen) atoms. The van der Waals surface area contributed by atoms with Gasteiger partial charge in [-0.05, 0) is 79.1 Å². The molecule has 20 atom stereocenters. The molecule has 12 aliphatic rings. The maximum Gasteiger partial charge on any atom is 0.344 e. The zero-order valence-electron chi connectivity index (χ0n) is 46.5. The van der Waals surface area contributed by atoms with Crippen LogP contribution in [-0.2, 0) is 114 Å². The van der Waals surface area contributed by atoms with E-state index in [2.05, 4.69) is 35.8 Å². The molecule has 12 rings (SSSR count). The molecule has 0 radical (unpaired) electrons. The van der Waals surface area contributed by atoms with Gasteiger partial charge in [0, 0.05) is 69.6 Å². The summed E-state index contributed by atoms with van der Waals surface area (Å²) in [7, 11) is 0. The van der Waals surface area contributed by atoms with Crippen LogP contribution >= 0.6 is 0 Å². The van der Waals surface area contributed by atoms with E-state index < -0.39 is 109 Å². The van der Waals surface area contributed by atoms with Crippen molar-refractivity contribution in [2.45, 2.75) is 142 Å². The van der Waals surface area contributed by atoms with E-state index in [1.807, 2.05) is 27.7 Å². The van der Waals surface area contributed by atoms with E-state index in [0.717, 1.165) is 37.8 Å². The van der Waals surface area contributed by atoms with Crippen LogP contribution < -0.4 is 0 Å². The number of hydrogen-bond donors (Lipinski definition) is 0. The lowest BCUT2D eigenvalue weighted by molar-refractivity contribution is -0.172. The van der Waals surface area contributed by atoms with Crippen LogP contribution in [0.25, 0.3) is 0 Å². The molecule has 20 unspecified atom stereocenters. The van der Waals surface area contributed by atoms with Crippen LogP contribution in [0.1, 0.15) is 92.9 Å². The van der Waals surface area contributed by atoms with Gasteiger partial charge in [-0.15, -0.1) is 0 Å². The molecule has 0 aromatic heterocycles. The highest BCUT2D eigenvalue weighted by atomic mass is 16.6. The molecule has 12 fully saturated rings. The van der Waals surface area contributed by atoms with Gasteiger partial charge in [0.25, 0.3) is 0 Å². The summed E-state index contributed by atoms with van der Waals surface area (Å²) in [5.41, 5.74) is -0.812. The van der Waals surface area contributed by atoms with Gasteiger partial charge < -0.3 is 56.8 Å². The Hall–Kier alpha value is -7.40. The number of carbonyl (C=O) groups excluding carboxylic acids is 12. The van der Waals surface area contributed by atoms with Crippen LogP contribution in [0.2, 0.25) is 0 Å². The summed E-state index contributed by atoms with van der Waals surface area (Å²) in [5, 5.41) is 0. The van der Waals surface area contributed by atoms with Gasteiger partial charge >= 0.3 is 71.6 Å². The van der Waals surface area contributed by atoms with Crippen molar-refractivity contribution in [1.29, 1.82) is 0 Å². The van der Waals surface area contributed by atoms with Gasteiger partial charge in [0.1, 0.15) is 48.8 Å². The molecular formula is C58H68O24. The molecule has 8 bridgehead atoms. The second-order valence-electron chi connectivity index (χ2n) is 24.7. The third-order valence-corrected chi connectivity index (χ3v) is 19.0. The SMILES string of the molecule is C=C(C)C(=O)OCC(=O)OC1C2CC3C1OC(=O)C3(C)C2.C=C(C)C(=O)OCC(=O)OC1C2OC(=O)C3CC1(C)CC32.C=CC(=O)OCC(=O)OC1C2CC3C1OC(=O)C3(C)C2.C=CC(=O)OCC(=O)OC1C2OC(=O)C3CC1(C)CC32. The Morgan fingerprint density at radius 2 is 0.829 bits per heavy atom.